The van der Waals surface area contributed by atoms with Crippen LogP contribution in [0, 0.1) is 5.92 Å². The van der Waals surface area contributed by atoms with Gasteiger partial charge in [-0.1, -0.05) is 41.9 Å². The Morgan fingerprint density at radius 1 is 1.03 bits per heavy atom. The summed E-state index contributed by atoms with van der Waals surface area (Å²) in [7, 11) is -3.47. The van der Waals surface area contributed by atoms with Gasteiger partial charge in [-0.3, -0.25) is 14.8 Å². The highest BCUT2D eigenvalue weighted by atomic mass is 35.5. The van der Waals surface area contributed by atoms with Crippen LogP contribution in [0.15, 0.2) is 84.1 Å². The Balaban J connectivity index is 1.25. The minimum atomic E-state index is -3.47. The molecule has 0 spiro atoms. The second-order valence-corrected chi connectivity index (χ2v) is 10.8. The van der Waals surface area contributed by atoms with Gasteiger partial charge in [0.15, 0.2) is 9.84 Å². The first-order valence-corrected chi connectivity index (χ1v) is 12.7. The van der Waals surface area contributed by atoms with Crippen LogP contribution in [0.25, 0.3) is 10.8 Å². The lowest BCUT2D eigenvalue weighted by atomic mass is 10.0. The zero-order valence-corrected chi connectivity index (χ0v) is 19.3. The average Bonchev–Trinajstić information content (AvgIpc) is 3.61. The fourth-order valence-corrected chi connectivity index (χ4v) is 5.72. The van der Waals surface area contributed by atoms with Crippen molar-refractivity contribution in [2.45, 2.75) is 29.4 Å². The van der Waals surface area contributed by atoms with Gasteiger partial charge in [0.05, 0.1) is 21.4 Å². The third-order valence-corrected chi connectivity index (χ3v) is 8.06. The molecule has 1 fully saturated rings. The second-order valence-electron chi connectivity index (χ2n) is 8.42. The average molecular weight is 477 g/mol. The van der Waals surface area contributed by atoms with Gasteiger partial charge >= 0.3 is 0 Å². The summed E-state index contributed by atoms with van der Waals surface area (Å²) >= 11 is 6.24. The lowest BCUT2D eigenvalue weighted by Crippen LogP contribution is -2.07. The highest BCUT2D eigenvalue weighted by molar-refractivity contribution is 7.90. The van der Waals surface area contributed by atoms with Crippen LogP contribution in [0.5, 0.6) is 0 Å². The van der Waals surface area contributed by atoms with Crippen molar-refractivity contribution in [1.29, 1.82) is 0 Å². The van der Waals surface area contributed by atoms with Crippen molar-refractivity contribution in [2.75, 3.05) is 0 Å². The molecule has 2 atom stereocenters. The van der Waals surface area contributed by atoms with Crippen LogP contribution < -0.4 is 0 Å². The van der Waals surface area contributed by atoms with Crippen LogP contribution in [0.3, 0.4) is 0 Å². The first-order valence-electron chi connectivity index (χ1n) is 10.7. The van der Waals surface area contributed by atoms with Crippen molar-refractivity contribution in [3.8, 4) is 0 Å². The van der Waals surface area contributed by atoms with Crippen molar-refractivity contribution in [1.82, 2.24) is 9.97 Å². The van der Waals surface area contributed by atoms with Gasteiger partial charge in [-0.25, -0.2) is 8.42 Å². The number of fused-ring (bicyclic) bond motifs is 1. The Morgan fingerprint density at radius 3 is 2.61 bits per heavy atom. The molecule has 7 heteroatoms. The monoisotopic (exact) mass is 476 g/mol. The van der Waals surface area contributed by atoms with Crippen molar-refractivity contribution >= 4 is 38.0 Å². The molecule has 0 N–H and O–H groups in total. The maximum Gasteiger partial charge on any atom is 0.184 e. The normalized spacial score (nSPS) is 17.7. The fourth-order valence-electron chi connectivity index (χ4n) is 4.22. The maximum atomic E-state index is 12.9. The zero-order chi connectivity index (χ0) is 23.0. The fraction of sp³-hybridized carbons (Fsp3) is 0.192. The van der Waals surface area contributed by atoms with E-state index in [-0.39, 0.29) is 28.3 Å². The van der Waals surface area contributed by atoms with Gasteiger partial charge in [-0.05, 0) is 53.8 Å². The van der Waals surface area contributed by atoms with E-state index in [9.17, 15) is 13.2 Å². The molecule has 2 aromatic heterocycles. The Hall–Kier alpha value is -3.09. The Morgan fingerprint density at radius 2 is 1.85 bits per heavy atom. The van der Waals surface area contributed by atoms with Crippen LogP contribution in [0.2, 0.25) is 5.02 Å². The topological polar surface area (TPSA) is 77.0 Å². The molecule has 0 amide bonds. The number of pyridine rings is 2. The number of nitrogens with zero attached hydrogens (tertiary/aromatic N) is 2. The van der Waals surface area contributed by atoms with Gasteiger partial charge in [-0.15, -0.1) is 0 Å². The van der Waals surface area contributed by atoms with Gasteiger partial charge in [0.1, 0.15) is 5.78 Å². The van der Waals surface area contributed by atoms with Gasteiger partial charge < -0.3 is 0 Å². The molecule has 0 saturated heterocycles. The number of carbonyl (C=O) groups excluding carboxylic acids is 1. The van der Waals surface area contributed by atoms with E-state index in [1.54, 1.807) is 48.9 Å². The van der Waals surface area contributed by atoms with Crippen LogP contribution in [0.1, 0.15) is 29.2 Å². The molecule has 2 aromatic carbocycles. The van der Waals surface area contributed by atoms with E-state index >= 15 is 0 Å². The molecule has 5 rings (SSSR count). The SMILES string of the molecule is O=C(Cc1ccc2cncc(Cl)c2c1)[C@@H]1CC1c1ccc(S(=O)(=O)Cc2ccccn2)cc1. The van der Waals surface area contributed by atoms with Crippen LogP contribution in [0.4, 0.5) is 0 Å². The summed E-state index contributed by atoms with van der Waals surface area (Å²) in [6.45, 7) is 0. The van der Waals surface area contributed by atoms with Crippen molar-refractivity contribution in [3.63, 3.8) is 0 Å². The number of aromatic nitrogens is 2. The van der Waals surface area contributed by atoms with E-state index in [1.807, 2.05) is 30.3 Å². The standard InChI is InChI=1S/C26H21ClN2O3S/c27-25-15-28-14-19-5-4-17(11-23(19)25)12-26(30)24-13-22(24)18-6-8-21(9-7-18)33(31,32)16-20-3-1-2-10-29-20/h1-11,14-15,22,24H,12-13,16H2/t22?,24-/m1/s1. The smallest absolute Gasteiger partial charge is 0.184 e. The van der Waals surface area contributed by atoms with Crippen LogP contribution in [-0.2, 0) is 26.8 Å². The summed E-state index contributed by atoms with van der Waals surface area (Å²) in [6, 6.07) is 18.0. The number of Topliss-reactive ketones (excluding diaryl/α,β-unsaturated/α-hetero) is 1. The van der Waals surface area contributed by atoms with Crippen LogP contribution in [-0.4, -0.2) is 24.2 Å². The molecule has 1 saturated carbocycles. The minimum absolute atomic E-state index is 0.0374. The quantitative estimate of drug-likeness (QED) is 0.367. The lowest BCUT2D eigenvalue weighted by Gasteiger charge is -2.07. The van der Waals surface area contributed by atoms with Crippen molar-refractivity contribution in [3.05, 3.63) is 101 Å². The number of benzene rings is 2. The predicted molar refractivity (Wildman–Crippen MR) is 128 cm³/mol. The second kappa shape index (κ2) is 8.69. The summed E-state index contributed by atoms with van der Waals surface area (Å²) < 4.78 is 25.4. The molecule has 33 heavy (non-hydrogen) atoms. The van der Waals surface area contributed by atoms with E-state index in [0.717, 1.165) is 28.3 Å². The van der Waals surface area contributed by atoms with Crippen LogP contribution >= 0.6 is 11.6 Å². The minimum Gasteiger partial charge on any atom is -0.299 e. The molecular weight excluding hydrogens is 456 g/mol. The van der Waals surface area contributed by atoms with Crippen molar-refractivity contribution in [2.24, 2.45) is 5.92 Å². The number of ketones is 1. The molecule has 0 aliphatic heterocycles. The molecule has 1 aliphatic rings. The number of rotatable bonds is 7. The molecule has 166 valence electrons. The summed E-state index contributed by atoms with van der Waals surface area (Å²) in [5, 5.41) is 2.41. The highest BCUT2D eigenvalue weighted by Crippen LogP contribution is 2.48. The molecule has 4 aromatic rings. The molecule has 5 nitrogen and oxygen atoms in total. The third kappa shape index (κ3) is 4.68. The largest absolute Gasteiger partial charge is 0.299 e. The van der Waals surface area contributed by atoms with E-state index < -0.39 is 9.84 Å². The summed E-state index contributed by atoms with van der Waals surface area (Å²) in [5.74, 6) is 0.156. The summed E-state index contributed by atoms with van der Waals surface area (Å²) in [5.41, 5.74) is 2.45. The van der Waals surface area contributed by atoms with Crippen molar-refractivity contribution < 1.29 is 13.2 Å². The van der Waals surface area contributed by atoms with Gasteiger partial charge in [0.2, 0.25) is 0 Å². The number of hydrogen-bond donors (Lipinski definition) is 0. The van der Waals surface area contributed by atoms with Gasteiger partial charge in [0, 0.05) is 41.7 Å². The predicted octanol–water partition coefficient (Wildman–Crippen LogP) is 5.17. The zero-order valence-electron chi connectivity index (χ0n) is 17.7. The Bertz CT molecular complexity index is 1440. The third-order valence-electron chi connectivity index (χ3n) is 6.09. The summed E-state index contributed by atoms with van der Waals surface area (Å²) in [6.07, 6.45) is 6.09. The Labute approximate surface area is 197 Å². The molecular formula is C26H21ClN2O3S. The van der Waals surface area contributed by atoms with E-state index in [0.29, 0.717) is 17.1 Å². The number of hydrogen-bond acceptors (Lipinski definition) is 5. The first kappa shape index (κ1) is 21.7. The van der Waals surface area contributed by atoms with Gasteiger partial charge in [0.25, 0.3) is 0 Å². The number of halogens is 1. The Kier molecular flexibility index (Phi) is 5.72. The number of sulfone groups is 1. The van der Waals surface area contributed by atoms with E-state index in [4.69, 9.17) is 11.6 Å². The lowest BCUT2D eigenvalue weighted by molar-refractivity contribution is -0.119. The molecule has 1 aliphatic carbocycles. The molecule has 2 heterocycles. The van der Waals surface area contributed by atoms with E-state index in [1.165, 1.54) is 0 Å². The molecule has 0 bridgehead atoms. The van der Waals surface area contributed by atoms with Gasteiger partial charge in [-0.2, -0.15) is 0 Å². The molecule has 1 unspecified atom stereocenters. The number of carbonyl (C=O) groups is 1. The summed E-state index contributed by atoms with van der Waals surface area (Å²) in [4.78, 5) is 21.3. The van der Waals surface area contributed by atoms with E-state index in [2.05, 4.69) is 9.97 Å². The highest BCUT2D eigenvalue weighted by Gasteiger charge is 2.43. The maximum absolute atomic E-state index is 12.9. The molecule has 0 radical (unpaired) electrons. The first-order chi connectivity index (χ1) is 15.9.